The summed E-state index contributed by atoms with van der Waals surface area (Å²) in [6, 6.07) is 1.47. The topological polar surface area (TPSA) is 53.4 Å². The molecule has 0 aromatic carbocycles. The highest BCUT2D eigenvalue weighted by Gasteiger charge is 2.34. The molecule has 16 heavy (non-hydrogen) atoms. The molecule has 0 radical (unpaired) electrons. The second-order valence-corrected chi connectivity index (χ2v) is 4.12. The summed E-state index contributed by atoms with van der Waals surface area (Å²) in [5.74, 6) is -0.366. The Balaban J connectivity index is 2.14. The number of likely N-dealkylation sites (tertiary alicyclic amines) is 1. The Bertz CT molecular complexity index is 406. The number of carbonyl (C=O) groups excluding carboxylic acids is 1. The van der Waals surface area contributed by atoms with Gasteiger partial charge >= 0.3 is 0 Å². The number of rotatable bonds is 1. The van der Waals surface area contributed by atoms with Crippen LogP contribution in [0, 0.1) is 0 Å². The molecule has 0 aliphatic carbocycles. The number of aliphatic hydroxyl groups is 1. The van der Waals surface area contributed by atoms with Crippen molar-refractivity contribution in [3.8, 4) is 0 Å². The highest BCUT2D eigenvalue weighted by Crippen LogP contribution is 2.17. The lowest BCUT2D eigenvalue weighted by Crippen LogP contribution is -2.29. The van der Waals surface area contributed by atoms with E-state index in [0.29, 0.717) is 10.6 Å². The largest absolute Gasteiger partial charge is 0.388 e. The number of carbonyl (C=O) groups is 1. The zero-order chi connectivity index (χ0) is 11.7. The van der Waals surface area contributed by atoms with Crippen molar-refractivity contribution >= 4 is 17.5 Å². The highest BCUT2D eigenvalue weighted by atomic mass is 35.5. The molecule has 4 nitrogen and oxygen atoms in total. The van der Waals surface area contributed by atoms with Gasteiger partial charge in [-0.25, -0.2) is 4.39 Å². The number of halogens is 2. The van der Waals surface area contributed by atoms with Crippen LogP contribution in [0.3, 0.4) is 0 Å². The average molecular weight is 245 g/mol. The van der Waals surface area contributed by atoms with Crippen molar-refractivity contribution in [3.63, 3.8) is 0 Å². The van der Waals surface area contributed by atoms with Crippen molar-refractivity contribution in [3.05, 3.63) is 29.0 Å². The summed E-state index contributed by atoms with van der Waals surface area (Å²) in [5.41, 5.74) is 0.300. The lowest BCUT2D eigenvalue weighted by molar-refractivity contribution is 0.0764. The molecule has 2 rings (SSSR count). The second-order valence-electron chi connectivity index (χ2n) is 3.69. The summed E-state index contributed by atoms with van der Waals surface area (Å²) in [6.45, 7) is -0.0843. The van der Waals surface area contributed by atoms with Crippen LogP contribution in [0.15, 0.2) is 18.5 Å². The zero-order valence-corrected chi connectivity index (χ0v) is 9.06. The molecule has 1 amide bonds. The molecule has 1 aromatic rings. The van der Waals surface area contributed by atoms with Gasteiger partial charge in [-0.05, 0) is 6.07 Å². The van der Waals surface area contributed by atoms with E-state index in [-0.39, 0.29) is 19.0 Å². The molecule has 0 unspecified atom stereocenters. The minimum Gasteiger partial charge on any atom is -0.388 e. The molecule has 2 heterocycles. The van der Waals surface area contributed by atoms with Crippen molar-refractivity contribution < 1.29 is 14.3 Å². The van der Waals surface area contributed by atoms with E-state index in [0.717, 1.165) is 0 Å². The van der Waals surface area contributed by atoms with E-state index in [1.165, 1.54) is 23.4 Å². The minimum absolute atomic E-state index is 0.00646. The highest BCUT2D eigenvalue weighted by molar-refractivity contribution is 6.30. The summed E-state index contributed by atoms with van der Waals surface area (Å²) in [4.78, 5) is 16.9. The smallest absolute Gasteiger partial charge is 0.255 e. The third-order valence-electron chi connectivity index (χ3n) is 2.46. The number of aliphatic hydroxyl groups excluding tert-OH is 1. The normalized spacial score (nSPS) is 24.8. The van der Waals surface area contributed by atoms with E-state index in [1.54, 1.807) is 0 Å². The summed E-state index contributed by atoms with van der Waals surface area (Å²) in [6.07, 6.45) is 0.300. The monoisotopic (exact) mass is 244 g/mol. The quantitative estimate of drug-likeness (QED) is 0.798. The predicted octanol–water partition coefficient (Wildman–Crippen LogP) is 0.890. The van der Waals surface area contributed by atoms with Gasteiger partial charge in [-0.2, -0.15) is 0 Å². The molecular formula is C10H10ClFN2O2. The van der Waals surface area contributed by atoms with Crippen LogP contribution in [0.5, 0.6) is 0 Å². The number of alkyl halides is 1. The lowest BCUT2D eigenvalue weighted by atomic mass is 10.2. The van der Waals surface area contributed by atoms with Crippen molar-refractivity contribution in [2.24, 2.45) is 0 Å². The molecule has 1 fully saturated rings. The molecule has 6 heteroatoms. The number of amides is 1. The molecule has 2 atom stereocenters. The minimum atomic E-state index is -1.38. The van der Waals surface area contributed by atoms with E-state index < -0.39 is 12.3 Å². The van der Waals surface area contributed by atoms with Gasteiger partial charge in [-0.3, -0.25) is 9.78 Å². The molecule has 1 N–H and O–H groups in total. The molecule has 1 saturated heterocycles. The number of pyridine rings is 1. The van der Waals surface area contributed by atoms with Crippen LogP contribution in [0.4, 0.5) is 4.39 Å². The molecule has 1 aliphatic rings. The molecular weight excluding hydrogens is 235 g/mol. The van der Waals surface area contributed by atoms with Crippen LogP contribution in [-0.2, 0) is 0 Å². The van der Waals surface area contributed by atoms with Gasteiger partial charge in [0.1, 0.15) is 12.3 Å². The lowest BCUT2D eigenvalue weighted by Gasteiger charge is -2.14. The maximum absolute atomic E-state index is 13.0. The first kappa shape index (κ1) is 11.3. The summed E-state index contributed by atoms with van der Waals surface area (Å²) >= 11 is 5.70. The molecule has 1 aliphatic heterocycles. The first-order valence-electron chi connectivity index (χ1n) is 4.80. The number of hydrogen-bond donors (Lipinski definition) is 1. The van der Waals surface area contributed by atoms with Gasteiger partial charge in [0.25, 0.3) is 5.91 Å². The van der Waals surface area contributed by atoms with E-state index in [1.807, 2.05) is 0 Å². The van der Waals surface area contributed by atoms with E-state index in [9.17, 15) is 14.3 Å². The molecule has 0 spiro atoms. The SMILES string of the molecule is O=C(c1cncc(Cl)c1)N1C[C@@H](O)[C@H](F)C1. The van der Waals surface area contributed by atoms with Crippen LogP contribution < -0.4 is 0 Å². The summed E-state index contributed by atoms with van der Waals surface area (Å²) < 4.78 is 13.0. The standard InChI is InChI=1S/C10H10ClFN2O2/c11-7-1-6(2-13-3-7)10(16)14-4-8(12)9(15)5-14/h1-3,8-9,15H,4-5H2/t8-,9-/m1/s1. The Hall–Kier alpha value is -1.20. The molecule has 1 aromatic heterocycles. The fourth-order valence-electron chi connectivity index (χ4n) is 1.62. The number of nitrogens with zero attached hydrogens (tertiary/aromatic N) is 2. The average Bonchev–Trinajstić information content (AvgIpc) is 2.58. The third kappa shape index (κ3) is 2.15. The van der Waals surface area contributed by atoms with Gasteiger partial charge < -0.3 is 10.0 Å². The molecule has 0 bridgehead atoms. The van der Waals surface area contributed by atoms with Crippen LogP contribution in [0.1, 0.15) is 10.4 Å². The Morgan fingerprint density at radius 3 is 2.88 bits per heavy atom. The number of β-amino-alcohol motifs (C(OH)–C–C–N with tert-alkyl or cyclic N) is 1. The van der Waals surface area contributed by atoms with Crippen LogP contribution >= 0.6 is 11.6 Å². The van der Waals surface area contributed by atoms with Crippen molar-refractivity contribution in [2.45, 2.75) is 12.3 Å². The second kappa shape index (κ2) is 4.35. The van der Waals surface area contributed by atoms with Gasteiger partial charge in [-0.15, -0.1) is 0 Å². The Morgan fingerprint density at radius 1 is 1.56 bits per heavy atom. The van der Waals surface area contributed by atoms with Gasteiger partial charge in [0.2, 0.25) is 0 Å². The first-order chi connectivity index (χ1) is 7.58. The van der Waals surface area contributed by atoms with E-state index >= 15 is 0 Å². The van der Waals surface area contributed by atoms with Gasteiger partial charge in [-0.1, -0.05) is 11.6 Å². The van der Waals surface area contributed by atoms with Crippen molar-refractivity contribution in [1.82, 2.24) is 9.88 Å². The fraction of sp³-hybridized carbons (Fsp3) is 0.400. The number of hydrogen-bond acceptors (Lipinski definition) is 3. The first-order valence-corrected chi connectivity index (χ1v) is 5.17. The Kier molecular flexibility index (Phi) is 3.07. The fourth-order valence-corrected chi connectivity index (χ4v) is 1.80. The van der Waals surface area contributed by atoms with Crippen LogP contribution in [-0.4, -0.2) is 46.3 Å². The molecule has 86 valence electrons. The van der Waals surface area contributed by atoms with Crippen LogP contribution in [0.25, 0.3) is 0 Å². The zero-order valence-electron chi connectivity index (χ0n) is 8.31. The van der Waals surface area contributed by atoms with Crippen molar-refractivity contribution in [2.75, 3.05) is 13.1 Å². The Labute approximate surface area is 96.7 Å². The van der Waals surface area contributed by atoms with Gasteiger partial charge in [0.15, 0.2) is 0 Å². The van der Waals surface area contributed by atoms with Crippen molar-refractivity contribution in [1.29, 1.82) is 0 Å². The maximum atomic E-state index is 13.0. The third-order valence-corrected chi connectivity index (χ3v) is 2.67. The predicted molar refractivity (Wildman–Crippen MR) is 56.1 cm³/mol. The van der Waals surface area contributed by atoms with Gasteiger partial charge in [0, 0.05) is 18.9 Å². The van der Waals surface area contributed by atoms with E-state index in [2.05, 4.69) is 4.98 Å². The van der Waals surface area contributed by atoms with Gasteiger partial charge in [0.05, 0.1) is 17.1 Å². The summed E-state index contributed by atoms with van der Waals surface area (Å²) in [7, 11) is 0. The summed E-state index contributed by atoms with van der Waals surface area (Å²) in [5, 5.41) is 9.56. The van der Waals surface area contributed by atoms with E-state index in [4.69, 9.17) is 11.6 Å². The molecule has 0 saturated carbocycles. The Morgan fingerprint density at radius 2 is 2.31 bits per heavy atom. The van der Waals surface area contributed by atoms with Crippen LogP contribution in [0.2, 0.25) is 5.02 Å². The maximum Gasteiger partial charge on any atom is 0.255 e. The number of aromatic nitrogens is 1.